The minimum atomic E-state index is -1.11. The number of hydrogen-bond donors (Lipinski definition) is 2. The predicted octanol–water partition coefficient (Wildman–Crippen LogP) is 1.61. The highest BCUT2D eigenvalue weighted by atomic mass is 16.4. The second kappa shape index (κ2) is 8.10. The first-order chi connectivity index (χ1) is 11.5. The largest absolute Gasteiger partial charge is 0.480 e. The van der Waals surface area contributed by atoms with E-state index in [9.17, 15) is 19.5 Å². The van der Waals surface area contributed by atoms with Gasteiger partial charge in [0, 0.05) is 18.7 Å². The molecule has 1 amide bonds. The molecule has 0 aliphatic carbocycles. The van der Waals surface area contributed by atoms with Crippen molar-refractivity contribution in [3.63, 3.8) is 0 Å². The lowest BCUT2D eigenvalue weighted by Gasteiger charge is -2.21. The molecule has 2 rings (SSSR count). The van der Waals surface area contributed by atoms with Gasteiger partial charge in [-0.15, -0.1) is 0 Å². The molecule has 0 saturated heterocycles. The van der Waals surface area contributed by atoms with E-state index in [1.165, 1.54) is 16.8 Å². The van der Waals surface area contributed by atoms with Gasteiger partial charge in [-0.1, -0.05) is 43.3 Å². The summed E-state index contributed by atoms with van der Waals surface area (Å²) in [5.74, 6) is -1.59. The monoisotopic (exact) mass is 328 g/mol. The van der Waals surface area contributed by atoms with E-state index in [-0.39, 0.29) is 12.0 Å². The van der Waals surface area contributed by atoms with Crippen LogP contribution in [0.2, 0.25) is 0 Å². The Hall–Kier alpha value is -2.89. The van der Waals surface area contributed by atoms with E-state index in [1.807, 2.05) is 18.2 Å². The van der Waals surface area contributed by atoms with Crippen LogP contribution >= 0.6 is 0 Å². The maximum absolute atomic E-state index is 12.5. The molecule has 1 aromatic carbocycles. The number of carbonyl (C=O) groups excluding carboxylic acids is 1. The van der Waals surface area contributed by atoms with Crippen LogP contribution in [0.4, 0.5) is 0 Å². The van der Waals surface area contributed by atoms with E-state index >= 15 is 0 Å². The third kappa shape index (κ3) is 4.32. The molecule has 1 heterocycles. The molecule has 2 aromatic rings. The smallest absolute Gasteiger partial charge is 0.326 e. The molecule has 0 fully saturated rings. The Morgan fingerprint density at radius 3 is 2.38 bits per heavy atom. The van der Waals surface area contributed by atoms with Crippen molar-refractivity contribution in [2.24, 2.45) is 0 Å². The highest BCUT2D eigenvalue weighted by Crippen LogP contribution is 2.10. The van der Waals surface area contributed by atoms with Gasteiger partial charge in [-0.05, 0) is 18.1 Å². The summed E-state index contributed by atoms with van der Waals surface area (Å²) in [5.41, 5.74) is 0.518. The van der Waals surface area contributed by atoms with Crippen LogP contribution < -0.4 is 10.9 Å². The molecule has 2 unspecified atom stereocenters. The molecule has 0 aliphatic heterocycles. The molecular weight excluding hydrogens is 308 g/mol. The van der Waals surface area contributed by atoms with Crippen molar-refractivity contribution in [3.8, 4) is 0 Å². The van der Waals surface area contributed by atoms with Gasteiger partial charge in [0.2, 0.25) is 5.91 Å². The van der Waals surface area contributed by atoms with Crippen molar-refractivity contribution in [2.75, 3.05) is 0 Å². The van der Waals surface area contributed by atoms with Crippen LogP contribution in [0.25, 0.3) is 0 Å². The number of carboxylic acids is 1. The van der Waals surface area contributed by atoms with Gasteiger partial charge >= 0.3 is 5.97 Å². The zero-order valence-electron chi connectivity index (χ0n) is 13.4. The van der Waals surface area contributed by atoms with E-state index in [1.54, 1.807) is 31.2 Å². The quantitative estimate of drug-likeness (QED) is 0.808. The summed E-state index contributed by atoms with van der Waals surface area (Å²) in [6.07, 6.45) is 2.10. The number of nitrogens with zero attached hydrogens (tertiary/aromatic N) is 1. The Balaban J connectivity index is 2.16. The molecule has 1 aromatic heterocycles. The van der Waals surface area contributed by atoms with Crippen LogP contribution in [0.5, 0.6) is 0 Å². The van der Waals surface area contributed by atoms with Crippen molar-refractivity contribution in [3.05, 3.63) is 70.6 Å². The lowest BCUT2D eigenvalue weighted by molar-refractivity contribution is -0.142. The fourth-order valence-corrected chi connectivity index (χ4v) is 2.52. The molecule has 126 valence electrons. The lowest BCUT2D eigenvalue weighted by Crippen LogP contribution is -2.46. The zero-order chi connectivity index (χ0) is 17.5. The van der Waals surface area contributed by atoms with Crippen LogP contribution in [-0.4, -0.2) is 27.6 Å². The van der Waals surface area contributed by atoms with Crippen LogP contribution in [-0.2, 0) is 16.0 Å². The molecule has 0 spiro atoms. The standard InChI is InChI=1S/C18H20N2O4/c1-2-15(20-11-7-6-10-16(20)21)17(22)19-14(18(23)24)12-13-8-4-3-5-9-13/h3-11,14-15H,2,12H2,1H3,(H,19,22)(H,23,24). The number of aromatic nitrogens is 1. The first kappa shape index (κ1) is 17.5. The summed E-state index contributed by atoms with van der Waals surface area (Å²) in [5, 5.41) is 11.9. The first-order valence-electron chi connectivity index (χ1n) is 7.77. The number of hydrogen-bond acceptors (Lipinski definition) is 3. The fourth-order valence-electron chi connectivity index (χ4n) is 2.52. The SMILES string of the molecule is CCC(C(=O)NC(Cc1ccccc1)C(=O)O)n1ccccc1=O. The van der Waals surface area contributed by atoms with Gasteiger partial charge in [-0.25, -0.2) is 4.79 Å². The Kier molecular flexibility index (Phi) is 5.89. The average Bonchev–Trinajstić information content (AvgIpc) is 2.57. The van der Waals surface area contributed by atoms with Gasteiger partial charge in [0.15, 0.2) is 0 Å². The molecular formula is C18H20N2O4. The van der Waals surface area contributed by atoms with Crippen molar-refractivity contribution < 1.29 is 14.7 Å². The van der Waals surface area contributed by atoms with Gasteiger partial charge in [-0.3, -0.25) is 9.59 Å². The number of amides is 1. The molecule has 2 N–H and O–H groups in total. The van der Waals surface area contributed by atoms with Crippen LogP contribution in [0.15, 0.2) is 59.5 Å². The first-order valence-corrected chi connectivity index (χ1v) is 7.77. The van der Waals surface area contributed by atoms with Crippen molar-refractivity contribution in [1.29, 1.82) is 0 Å². The maximum atomic E-state index is 12.5. The molecule has 0 saturated carbocycles. The Morgan fingerprint density at radius 1 is 1.12 bits per heavy atom. The third-order valence-electron chi connectivity index (χ3n) is 3.77. The van der Waals surface area contributed by atoms with E-state index in [4.69, 9.17) is 0 Å². The molecule has 6 heteroatoms. The summed E-state index contributed by atoms with van der Waals surface area (Å²) >= 11 is 0. The molecule has 6 nitrogen and oxygen atoms in total. The van der Waals surface area contributed by atoms with E-state index in [2.05, 4.69) is 5.32 Å². The number of pyridine rings is 1. The number of benzene rings is 1. The topological polar surface area (TPSA) is 88.4 Å². The second-order valence-corrected chi connectivity index (χ2v) is 5.46. The van der Waals surface area contributed by atoms with E-state index in [0.29, 0.717) is 6.42 Å². The molecule has 0 bridgehead atoms. The normalized spacial score (nSPS) is 13.0. The zero-order valence-corrected chi connectivity index (χ0v) is 13.4. The van der Waals surface area contributed by atoms with Crippen LogP contribution in [0, 0.1) is 0 Å². The third-order valence-corrected chi connectivity index (χ3v) is 3.77. The fraction of sp³-hybridized carbons (Fsp3) is 0.278. The van der Waals surface area contributed by atoms with Gasteiger partial charge in [0.05, 0.1) is 0 Å². The van der Waals surface area contributed by atoms with Crippen molar-refractivity contribution in [2.45, 2.75) is 31.8 Å². The number of rotatable bonds is 7. The van der Waals surface area contributed by atoms with Gasteiger partial charge in [0.25, 0.3) is 5.56 Å². The van der Waals surface area contributed by atoms with Gasteiger partial charge in [-0.2, -0.15) is 0 Å². The summed E-state index contributed by atoms with van der Waals surface area (Å²) < 4.78 is 1.32. The summed E-state index contributed by atoms with van der Waals surface area (Å²) in [6.45, 7) is 1.77. The van der Waals surface area contributed by atoms with Gasteiger partial charge < -0.3 is 15.0 Å². The molecule has 2 atom stereocenters. The Morgan fingerprint density at radius 2 is 1.79 bits per heavy atom. The molecule has 0 aliphatic rings. The summed E-state index contributed by atoms with van der Waals surface area (Å²) in [6, 6.07) is 11.9. The van der Waals surface area contributed by atoms with Gasteiger partial charge in [0.1, 0.15) is 12.1 Å². The predicted molar refractivity (Wildman–Crippen MR) is 89.7 cm³/mol. The van der Waals surface area contributed by atoms with Crippen molar-refractivity contribution >= 4 is 11.9 Å². The average molecular weight is 328 g/mol. The van der Waals surface area contributed by atoms with E-state index in [0.717, 1.165) is 5.56 Å². The summed E-state index contributed by atoms with van der Waals surface area (Å²) in [7, 11) is 0. The number of aliphatic carboxylic acids is 1. The minimum absolute atomic E-state index is 0.183. The molecule has 24 heavy (non-hydrogen) atoms. The molecule has 0 radical (unpaired) electrons. The number of nitrogens with one attached hydrogen (secondary N) is 1. The lowest BCUT2D eigenvalue weighted by atomic mass is 10.1. The van der Waals surface area contributed by atoms with E-state index < -0.39 is 24.0 Å². The number of carbonyl (C=O) groups is 2. The Labute approximate surface area is 139 Å². The summed E-state index contributed by atoms with van der Waals surface area (Å²) in [4.78, 5) is 35.9. The Bertz CT molecular complexity index is 755. The maximum Gasteiger partial charge on any atom is 0.326 e. The number of carboxylic acid groups (broad SMARTS) is 1. The minimum Gasteiger partial charge on any atom is -0.480 e. The van der Waals surface area contributed by atoms with Crippen LogP contribution in [0.1, 0.15) is 24.9 Å². The van der Waals surface area contributed by atoms with Crippen molar-refractivity contribution in [1.82, 2.24) is 9.88 Å². The highest BCUT2D eigenvalue weighted by Gasteiger charge is 2.25. The second-order valence-electron chi connectivity index (χ2n) is 5.46. The highest BCUT2D eigenvalue weighted by molar-refractivity contribution is 5.86. The van der Waals surface area contributed by atoms with Crippen LogP contribution in [0.3, 0.4) is 0 Å².